The van der Waals surface area contributed by atoms with Gasteiger partial charge in [0, 0.05) is 29.4 Å². The number of benzene rings is 2. The fraction of sp³-hybridized carbons (Fsp3) is 0.0870. The van der Waals surface area contributed by atoms with Crippen molar-refractivity contribution in [1.82, 2.24) is 10.3 Å². The highest BCUT2D eigenvalue weighted by atomic mass is 32.2. The predicted octanol–water partition coefficient (Wildman–Crippen LogP) is 4.11. The molecule has 3 aromatic rings. The summed E-state index contributed by atoms with van der Waals surface area (Å²) in [6, 6.07) is 16.5. The Morgan fingerprint density at radius 2 is 2.03 bits per heavy atom. The minimum atomic E-state index is -0.208. The number of carbonyl (C=O) groups is 2. The zero-order valence-corrected chi connectivity index (χ0v) is 17.0. The number of anilines is 1. The van der Waals surface area contributed by atoms with Crippen molar-refractivity contribution in [2.75, 3.05) is 12.4 Å². The second-order valence-corrected chi connectivity index (χ2v) is 7.68. The molecule has 0 unspecified atom stereocenters. The van der Waals surface area contributed by atoms with E-state index in [0.29, 0.717) is 22.7 Å². The lowest BCUT2D eigenvalue weighted by Crippen LogP contribution is -2.24. The summed E-state index contributed by atoms with van der Waals surface area (Å²) in [5.41, 5.74) is 2.94. The summed E-state index contributed by atoms with van der Waals surface area (Å²) in [6.07, 6.45) is 5.23. The minimum Gasteiger partial charge on any atom is -0.497 e. The van der Waals surface area contributed by atoms with Crippen LogP contribution in [0.4, 0.5) is 5.69 Å². The van der Waals surface area contributed by atoms with E-state index < -0.39 is 0 Å². The maximum Gasteiger partial charge on any atom is 0.262 e. The standard InChI is InChI=1S/C23H19N3O3S/c1-29-18-7-4-15(5-8-18)11-21-23(28)26-19-12-17(6-9-20(19)30-21)22(27)25-14-16-3-2-10-24-13-16/h2-13H,14H2,1H3,(H,25,27)(H,26,28). The molecule has 0 saturated carbocycles. The molecule has 2 heterocycles. The van der Waals surface area contributed by atoms with Crippen LogP contribution < -0.4 is 15.4 Å². The van der Waals surface area contributed by atoms with E-state index in [9.17, 15) is 9.59 Å². The van der Waals surface area contributed by atoms with Gasteiger partial charge in [0.1, 0.15) is 5.75 Å². The highest BCUT2D eigenvalue weighted by Gasteiger charge is 2.22. The molecule has 0 radical (unpaired) electrons. The van der Waals surface area contributed by atoms with Gasteiger partial charge in [-0.3, -0.25) is 14.6 Å². The number of carbonyl (C=O) groups excluding carboxylic acids is 2. The van der Waals surface area contributed by atoms with Crippen molar-refractivity contribution in [3.8, 4) is 5.75 Å². The number of rotatable bonds is 5. The number of pyridine rings is 1. The molecule has 4 rings (SSSR count). The number of hydrogen-bond acceptors (Lipinski definition) is 5. The average molecular weight is 417 g/mol. The summed E-state index contributed by atoms with van der Waals surface area (Å²) < 4.78 is 5.16. The molecule has 0 fully saturated rings. The highest BCUT2D eigenvalue weighted by molar-refractivity contribution is 8.04. The van der Waals surface area contributed by atoms with Crippen LogP contribution in [0.25, 0.3) is 6.08 Å². The third-order valence-electron chi connectivity index (χ3n) is 4.52. The Morgan fingerprint density at radius 1 is 1.20 bits per heavy atom. The maximum absolute atomic E-state index is 12.5. The van der Waals surface area contributed by atoms with Crippen LogP contribution in [0, 0.1) is 0 Å². The number of nitrogens with zero attached hydrogens (tertiary/aromatic N) is 1. The molecule has 2 aromatic carbocycles. The van der Waals surface area contributed by atoms with E-state index in [1.54, 1.807) is 31.6 Å². The minimum absolute atomic E-state index is 0.198. The first kappa shape index (κ1) is 19.7. The molecule has 0 aliphatic carbocycles. The first-order valence-electron chi connectivity index (χ1n) is 9.28. The van der Waals surface area contributed by atoms with E-state index in [-0.39, 0.29) is 11.8 Å². The van der Waals surface area contributed by atoms with Gasteiger partial charge in [-0.2, -0.15) is 0 Å². The maximum atomic E-state index is 12.5. The molecule has 0 atom stereocenters. The summed E-state index contributed by atoms with van der Waals surface area (Å²) in [5.74, 6) is 0.356. The molecule has 2 amide bonds. The number of thioether (sulfide) groups is 1. The topological polar surface area (TPSA) is 80.3 Å². The van der Waals surface area contributed by atoms with Crippen molar-refractivity contribution in [3.05, 3.63) is 88.6 Å². The van der Waals surface area contributed by atoms with Gasteiger partial charge in [0.05, 0.1) is 17.7 Å². The summed E-state index contributed by atoms with van der Waals surface area (Å²) in [5, 5.41) is 5.74. The van der Waals surface area contributed by atoms with Crippen molar-refractivity contribution in [3.63, 3.8) is 0 Å². The Bertz CT molecular complexity index is 1110. The molecule has 7 heteroatoms. The van der Waals surface area contributed by atoms with Crippen LogP contribution in [-0.4, -0.2) is 23.9 Å². The largest absolute Gasteiger partial charge is 0.497 e. The Kier molecular flexibility index (Phi) is 5.81. The summed E-state index contributed by atoms with van der Waals surface area (Å²) >= 11 is 1.38. The number of ether oxygens (including phenoxy) is 1. The predicted molar refractivity (Wildman–Crippen MR) is 117 cm³/mol. The van der Waals surface area contributed by atoms with E-state index in [2.05, 4.69) is 15.6 Å². The third-order valence-corrected chi connectivity index (χ3v) is 5.62. The van der Waals surface area contributed by atoms with Gasteiger partial charge in [-0.05, 0) is 53.6 Å². The molecule has 30 heavy (non-hydrogen) atoms. The van der Waals surface area contributed by atoms with Crippen LogP contribution in [0.5, 0.6) is 5.75 Å². The van der Waals surface area contributed by atoms with Crippen LogP contribution in [-0.2, 0) is 11.3 Å². The van der Waals surface area contributed by atoms with Gasteiger partial charge in [-0.1, -0.05) is 30.0 Å². The molecule has 150 valence electrons. The van der Waals surface area contributed by atoms with Crippen LogP contribution in [0.3, 0.4) is 0 Å². The van der Waals surface area contributed by atoms with Gasteiger partial charge in [-0.25, -0.2) is 0 Å². The van der Waals surface area contributed by atoms with Crippen LogP contribution in [0.2, 0.25) is 0 Å². The van der Waals surface area contributed by atoms with Crippen molar-refractivity contribution in [2.24, 2.45) is 0 Å². The molecule has 1 aliphatic rings. The second kappa shape index (κ2) is 8.84. The highest BCUT2D eigenvalue weighted by Crippen LogP contribution is 2.39. The number of methoxy groups -OCH3 is 1. The Hall–Kier alpha value is -3.58. The summed E-state index contributed by atoms with van der Waals surface area (Å²) in [4.78, 5) is 30.5. The number of fused-ring (bicyclic) bond motifs is 1. The lowest BCUT2D eigenvalue weighted by molar-refractivity contribution is -0.112. The monoisotopic (exact) mass is 417 g/mol. The molecular formula is C23H19N3O3S. The Morgan fingerprint density at radius 3 is 2.77 bits per heavy atom. The first-order valence-corrected chi connectivity index (χ1v) is 10.1. The van der Waals surface area contributed by atoms with E-state index >= 15 is 0 Å². The van der Waals surface area contributed by atoms with Crippen molar-refractivity contribution in [1.29, 1.82) is 0 Å². The second-order valence-electron chi connectivity index (χ2n) is 6.59. The lowest BCUT2D eigenvalue weighted by atomic mass is 10.1. The van der Waals surface area contributed by atoms with Gasteiger partial charge < -0.3 is 15.4 Å². The molecule has 1 aromatic heterocycles. The molecule has 1 aliphatic heterocycles. The van der Waals surface area contributed by atoms with Crippen LogP contribution in [0.15, 0.2) is 76.8 Å². The van der Waals surface area contributed by atoms with Crippen LogP contribution >= 0.6 is 11.8 Å². The van der Waals surface area contributed by atoms with Crippen molar-refractivity contribution in [2.45, 2.75) is 11.4 Å². The zero-order valence-electron chi connectivity index (χ0n) is 16.2. The SMILES string of the molecule is COc1ccc(C=C2Sc3ccc(C(=O)NCc4cccnc4)cc3NC2=O)cc1. The van der Waals surface area contributed by atoms with Gasteiger partial charge >= 0.3 is 0 Å². The number of nitrogens with one attached hydrogen (secondary N) is 2. The van der Waals surface area contributed by atoms with Crippen molar-refractivity contribution < 1.29 is 14.3 Å². The van der Waals surface area contributed by atoms with Gasteiger partial charge in [0.25, 0.3) is 11.8 Å². The molecule has 0 bridgehead atoms. The van der Waals surface area contributed by atoms with Gasteiger partial charge in [-0.15, -0.1) is 0 Å². The van der Waals surface area contributed by atoms with Gasteiger partial charge in [0.15, 0.2) is 0 Å². The molecule has 6 nitrogen and oxygen atoms in total. The normalized spacial score (nSPS) is 14.0. The summed E-state index contributed by atoms with van der Waals surface area (Å²) in [7, 11) is 1.61. The average Bonchev–Trinajstić information content (AvgIpc) is 2.79. The van der Waals surface area contributed by atoms with Gasteiger partial charge in [0.2, 0.25) is 0 Å². The van der Waals surface area contributed by atoms with E-state index in [1.807, 2.05) is 48.5 Å². The Labute approximate surface area is 178 Å². The molecule has 0 spiro atoms. The summed E-state index contributed by atoms with van der Waals surface area (Å²) in [6.45, 7) is 0.389. The van der Waals surface area contributed by atoms with Crippen LogP contribution in [0.1, 0.15) is 21.5 Å². The molecule has 2 N–H and O–H groups in total. The fourth-order valence-corrected chi connectivity index (χ4v) is 3.87. The van der Waals surface area contributed by atoms with E-state index in [4.69, 9.17) is 4.74 Å². The quantitative estimate of drug-likeness (QED) is 0.611. The molecular weight excluding hydrogens is 398 g/mol. The number of hydrogen-bond donors (Lipinski definition) is 2. The Balaban J connectivity index is 1.47. The van der Waals surface area contributed by atoms with E-state index in [1.165, 1.54) is 11.8 Å². The smallest absolute Gasteiger partial charge is 0.262 e. The molecule has 0 saturated heterocycles. The lowest BCUT2D eigenvalue weighted by Gasteiger charge is -2.19. The fourth-order valence-electron chi connectivity index (χ4n) is 2.94. The number of aromatic nitrogens is 1. The third kappa shape index (κ3) is 4.52. The number of amides is 2. The van der Waals surface area contributed by atoms with E-state index in [0.717, 1.165) is 21.8 Å². The van der Waals surface area contributed by atoms with Crippen molar-refractivity contribution >= 4 is 35.3 Å². The zero-order chi connectivity index (χ0) is 20.9. The first-order chi connectivity index (χ1) is 14.6.